The number of nitrogens with one attached hydrogen (secondary N) is 1. The number of amides is 1. The van der Waals surface area contributed by atoms with E-state index in [4.69, 9.17) is 12.2 Å². The van der Waals surface area contributed by atoms with Crippen LogP contribution in [0.5, 0.6) is 0 Å². The molecule has 1 N–H and O–H groups in total. The summed E-state index contributed by atoms with van der Waals surface area (Å²) in [5.41, 5.74) is 0.557. The van der Waals surface area contributed by atoms with Gasteiger partial charge in [0.15, 0.2) is 5.78 Å². The van der Waals surface area contributed by atoms with Gasteiger partial charge in [-0.05, 0) is 0 Å². The summed E-state index contributed by atoms with van der Waals surface area (Å²) < 4.78 is 0.386. The van der Waals surface area contributed by atoms with Crippen molar-refractivity contribution in [3.8, 4) is 0 Å². The first-order valence-corrected chi connectivity index (χ1v) is 5.73. The molecule has 16 heavy (non-hydrogen) atoms. The van der Waals surface area contributed by atoms with Crippen LogP contribution >= 0.6 is 24.0 Å². The second-order valence-electron chi connectivity index (χ2n) is 3.08. The highest BCUT2D eigenvalue weighted by atomic mass is 32.2. The highest BCUT2D eigenvalue weighted by Gasteiger charge is 2.23. The molecule has 0 aromatic heterocycles. The maximum Gasteiger partial charge on any atom is 0.263 e. The van der Waals surface area contributed by atoms with Crippen LogP contribution in [-0.4, -0.2) is 16.0 Å². The Bertz CT molecular complexity index is 494. The van der Waals surface area contributed by atoms with Gasteiger partial charge < -0.3 is 5.32 Å². The molecule has 1 saturated heterocycles. The van der Waals surface area contributed by atoms with Crippen molar-refractivity contribution >= 4 is 40.0 Å². The Balaban J connectivity index is 2.22. The second-order valence-corrected chi connectivity index (χ2v) is 4.80. The van der Waals surface area contributed by atoms with Crippen LogP contribution in [0.2, 0.25) is 0 Å². The third-order valence-electron chi connectivity index (χ3n) is 1.96. The van der Waals surface area contributed by atoms with Crippen LogP contribution in [0.15, 0.2) is 41.3 Å². The van der Waals surface area contributed by atoms with Gasteiger partial charge in [0.05, 0.1) is 4.91 Å². The summed E-state index contributed by atoms with van der Waals surface area (Å²) in [5.74, 6) is -0.498. The summed E-state index contributed by atoms with van der Waals surface area (Å²) in [4.78, 5) is 23.4. The van der Waals surface area contributed by atoms with E-state index in [9.17, 15) is 9.59 Å². The third-order valence-corrected chi connectivity index (χ3v) is 3.13. The molecular weight excluding hydrogens is 242 g/mol. The van der Waals surface area contributed by atoms with Crippen LogP contribution < -0.4 is 5.32 Å². The minimum Gasteiger partial charge on any atom is -0.307 e. The number of thiocarbonyl (C=S) groups is 1. The Labute approximate surface area is 102 Å². The molecule has 3 nitrogen and oxygen atoms in total. The molecule has 1 fully saturated rings. The largest absolute Gasteiger partial charge is 0.307 e. The Morgan fingerprint density at radius 1 is 1.31 bits per heavy atom. The Morgan fingerprint density at radius 2 is 2.00 bits per heavy atom. The highest BCUT2D eigenvalue weighted by molar-refractivity contribution is 8.26. The zero-order valence-corrected chi connectivity index (χ0v) is 9.73. The number of hydrogen-bond acceptors (Lipinski definition) is 4. The molecule has 0 atom stereocenters. The van der Waals surface area contributed by atoms with Gasteiger partial charge in [-0.25, -0.2) is 0 Å². The fourth-order valence-electron chi connectivity index (χ4n) is 1.23. The summed E-state index contributed by atoms with van der Waals surface area (Å²) in [6, 6.07) is 8.79. The van der Waals surface area contributed by atoms with E-state index < -0.39 is 0 Å². The van der Waals surface area contributed by atoms with Crippen molar-refractivity contribution in [2.24, 2.45) is 0 Å². The summed E-state index contributed by atoms with van der Waals surface area (Å²) in [7, 11) is 0. The number of hydrogen-bond donors (Lipinski definition) is 1. The molecule has 80 valence electrons. The van der Waals surface area contributed by atoms with E-state index in [1.165, 1.54) is 6.08 Å². The number of ketones is 1. The van der Waals surface area contributed by atoms with Gasteiger partial charge in [0.25, 0.3) is 5.91 Å². The average Bonchev–Trinajstić information content (AvgIpc) is 2.59. The molecule has 0 unspecified atom stereocenters. The van der Waals surface area contributed by atoms with Crippen molar-refractivity contribution in [2.45, 2.75) is 0 Å². The molecule has 0 spiro atoms. The van der Waals surface area contributed by atoms with Gasteiger partial charge in [0.1, 0.15) is 4.32 Å². The lowest BCUT2D eigenvalue weighted by molar-refractivity contribution is -0.115. The quantitative estimate of drug-likeness (QED) is 0.494. The molecule has 1 aliphatic heterocycles. The molecule has 0 bridgehead atoms. The third kappa shape index (κ3) is 2.37. The van der Waals surface area contributed by atoms with Crippen LogP contribution in [0.3, 0.4) is 0 Å². The number of rotatable bonds is 2. The van der Waals surface area contributed by atoms with E-state index in [2.05, 4.69) is 5.32 Å². The van der Waals surface area contributed by atoms with Crippen LogP contribution in [0.25, 0.3) is 0 Å². The van der Waals surface area contributed by atoms with E-state index in [1.807, 2.05) is 6.07 Å². The van der Waals surface area contributed by atoms with Gasteiger partial charge >= 0.3 is 0 Å². The summed E-state index contributed by atoms with van der Waals surface area (Å²) in [6.45, 7) is 0. The summed E-state index contributed by atoms with van der Waals surface area (Å²) in [5, 5.41) is 2.46. The van der Waals surface area contributed by atoms with Gasteiger partial charge in [-0.15, -0.1) is 0 Å². The molecule has 0 saturated carbocycles. The molecule has 0 aliphatic carbocycles. The zero-order chi connectivity index (χ0) is 11.5. The first-order chi connectivity index (χ1) is 7.66. The smallest absolute Gasteiger partial charge is 0.263 e. The Morgan fingerprint density at radius 3 is 2.56 bits per heavy atom. The van der Waals surface area contributed by atoms with Gasteiger partial charge in [0, 0.05) is 11.6 Å². The maximum atomic E-state index is 11.7. The SMILES string of the molecule is O=C1NC(=S)S/C1=C\C(=O)c1ccccc1. The Kier molecular flexibility index (Phi) is 3.17. The summed E-state index contributed by atoms with van der Waals surface area (Å²) in [6.07, 6.45) is 1.31. The lowest BCUT2D eigenvalue weighted by Crippen LogP contribution is -2.18. The van der Waals surface area contributed by atoms with Crippen molar-refractivity contribution < 1.29 is 9.59 Å². The predicted octanol–water partition coefficient (Wildman–Crippen LogP) is 1.90. The van der Waals surface area contributed by atoms with Crippen LogP contribution in [-0.2, 0) is 4.79 Å². The Hall–Kier alpha value is -1.46. The first-order valence-electron chi connectivity index (χ1n) is 4.51. The minimum absolute atomic E-state index is 0.192. The molecule has 1 aromatic carbocycles. The van der Waals surface area contributed by atoms with Crippen LogP contribution in [0.4, 0.5) is 0 Å². The second kappa shape index (κ2) is 4.59. The number of benzene rings is 1. The molecule has 1 aliphatic rings. The number of allylic oxidation sites excluding steroid dienone is 1. The number of carbonyl (C=O) groups is 2. The number of thioether (sulfide) groups is 1. The highest BCUT2D eigenvalue weighted by Crippen LogP contribution is 2.23. The van der Waals surface area contributed by atoms with Gasteiger partial charge in [-0.1, -0.05) is 54.3 Å². The van der Waals surface area contributed by atoms with Crippen molar-refractivity contribution in [1.82, 2.24) is 5.32 Å². The molecule has 2 rings (SSSR count). The fourth-order valence-corrected chi connectivity index (χ4v) is 2.24. The average molecular weight is 249 g/mol. The van der Waals surface area contributed by atoms with E-state index in [0.29, 0.717) is 14.8 Å². The van der Waals surface area contributed by atoms with E-state index in [-0.39, 0.29) is 11.7 Å². The normalized spacial score (nSPS) is 17.6. The van der Waals surface area contributed by atoms with Crippen LogP contribution in [0, 0.1) is 0 Å². The molecule has 1 aromatic rings. The minimum atomic E-state index is -0.306. The molecule has 1 amide bonds. The zero-order valence-electron chi connectivity index (χ0n) is 8.10. The van der Waals surface area contributed by atoms with Gasteiger partial charge in [0.2, 0.25) is 0 Å². The van der Waals surface area contributed by atoms with Crippen molar-refractivity contribution in [2.75, 3.05) is 0 Å². The standard InChI is InChI=1S/C11H7NO2S2/c13-8(7-4-2-1-3-5-7)6-9-10(14)12-11(15)16-9/h1-6H,(H,12,14,15)/b9-6-. The van der Waals surface area contributed by atoms with Gasteiger partial charge in [-0.3, -0.25) is 9.59 Å². The van der Waals surface area contributed by atoms with Crippen molar-refractivity contribution in [3.05, 3.63) is 46.9 Å². The van der Waals surface area contributed by atoms with E-state index in [1.54, 1.807) is 24.3 Å². The first kappa shape index (κ1) is 11.0. The topological polar surface area (TPSA) is 46.2 Å². The summed E-state index contributed by atoms with van der Waals surface area (Å²) >= 11 is 5.93. The number of carbonyl (C=O) groups excluding carboxylic acids is 2. The van der Waals surface area contributed by atoms with E-state index >= 15 is 0 Å². The van der Waals surface area contributed by atoms with Crippen LogP contribution in [0.1, 0.15) is 10.4 Å². The molecule has 5 heteroatoms. The molecular formula is C11H7NO2S2. The molecule has 1 heterocycles. The van der Waals surface area contributed by atoms with Gasteiger partial charge in [-0.2, -0.15) is 0 Å². The molecule has 0 radical (unpaired) electrons. The lowest BCUT2D eigenvalue weighted by atomic mass is 10.1. The maximum absolute atomic E-state index is 11.7. The fraction of sp³-hybridized carbons (Fsp3) is 0. The predicted molar refractivity (Wildman–Crippen MR) is 67.2 cm³/mol. The monoisotopic (exact) mass is 249 g/mol. The van der Waals surface area contributed by atoms with E-state index in [0.717, 1.165) is 11.8 Å². The van der Waals surface area contributed by atoms with Crippen molar-refractivity contribution in [1.29, 1.82) is 0 Å². The van der Waals surface area contributed by atoms with Crippen molar-refractivity contribution in [3.63, 3.8) is 0 Å². The lowest BCUT2D eigenvalue weighted by Gasteiger charge is -1.94.